The summed E-state index contributed by atoms with van der Waals surface area (Å²) in [5.41, 5.74) is 3.21. The number of nitrogens with one attached hydrogen (secondary N) is 1. The quantitative estimate of drug-likeness (QED) is 0.224. The van der Waals surface area contributed by atoms with Crippen LogP contribution in [0.25, 0.3) is 0 Å². The van der Waals surface area contributed by atoms with Gasteiger partial charge in [-0.15, -0.1) is 0 Å². The van der Waals surface area contributed by atoms with E-state index in [1.54, 1.807) is 18.2 Å². The first-order valence-corrected chi connectivity index (χ1v) is 12.7. The Kier molecular flexibility index (Phi) is 8.49. The maximum Gasteiger partial charge on any atom is 0.278 e. The first-order valence-electron chi connectivity index (χ1n) is 10.6. The number of hydrogen-bond acceptors (Lipinski definition) is 6. The number of ether oxygens (including phenoxy) is 2. The maximum atomic E-state index is 11.2. The Labute approximate surface area is 194 Å². The number of hydrazone groups is 1. The Morgan fingerprint density at radius 3 is 2.16 bits per heavy atom. The second kappa shape index (κ2) is 10.9. The lowest BCUT2D eigenvalue weighted by atomic mass is 10.2. The van der Waals surface area contributed by atoms with Crippen LogP contribution in [0, 0.1) is 10.1 Å². The monoisotopic (exact) mass is 482 g/mol. The number of thiocarbonyl (C=S) groups is 1. The molecule has 0 radical (unpaired) electrons. The minimum Gasteiger partial charge on any atom is -0.379 e. The molecule has 0 aliphatic carbocycles. The minimum absolute atomic E-state index is 0.0147. The minimum atomic E-state index is -2.28. The molecule has 0 atom stereocenters. The number of nitrogens with zero attached hydrogens (tertiary/aromatic N) is 5. The van der Waals surface area contributed by atoms with E-state index in [0.29, 0.717) is 32.0 Å². The highest BCUT2D eigenvalue weighted by Crippen LogP contribution is 2.66. The van der Waals surface area contributed by atoms with Crippen LogP contribution in [0.4, 0.5) is 5.69 Å². The summed E-state index contributed by atoms with van der Waals surface area (Å²) in [6, 6.07) is 6.42. The Morgan fingerprint density at radius 2 is 1.66 bits per heavy atom. The Morgan fingerprint density at radius 1 is 1.12 bits per heavy atom. The molecule has 1 aromatic rings. The molecule has 0 spiro atoms. The van der Waals surface area contributed by atoms with E-state index >= 15 is 0 Å². The van der Waals surface area contributed by atoms with Crippen LogP contribution in [0.1, 0.15) is 26.3 Å². The van der Waals surface area contributed by atoms with Crippen molar-refractivity contribution in [2.75, 3.05) is 52.6 Å². The molecule has 0 amide bonds. The molecule has 12 heteroatoms. The van der Waals surface area contributed by atoms with Crippen LogP contribution in [0.3, 0.4) is 0 Å². The van der Waals surface area contributed by atoms with Crippen LogP contribution >= 0.6 is 19.6 Å². The summed E-state index contributed by atoms with van der Waals surface area (Å²) in [6.07, 6.45) is 1.40. The number of benzene rings is 1. The molecule has 2 heterocycles. The maximum absolute atomic E-state index is 11.2. The third-order valence-electron chi connectivity index (χ3n) is 5.39. The number of rotatable bonds is 5. The molecule has 1 N–H and O–H groups in total. The summed E-state index contributed by atoms with van der Waals surface area (Å²) in [4.78, 5) is 10.8. The van der Waals surface area contributed by atoms with Crippen molar-refractivity contribution in [2.45, 2.75) is 25.9 Å². The molecule has 2 aliphatic rings. The van der Waals surface area contributed by atoms with Crippen molar-refractivity contribution in [2.24, 2.45) is 9.85 Å². The highest BCUT2D eigenvalue weighted by molar-refractivity contribution is 7.81. The van der Waals surface area contributed by atoms with E-state index in [2.05, 4.69) is 40.6 Å². The van der Waals surface area contributed by atoms with Crippen LogP contribution in [0.2, 0.25) is 0 Å². The van der Waals surface area contributed by atoms with Gasteiger partial charge in [0, 0.05) is 37.4 Å². The number of morpholine rings is 2. The molecule has 176 valence electrons. The van der Waals surface area contributed by atoms with Gasteiger partial charge in [0.05, 0.1) is 43.1 Å². The molecule has 0 unspecified atom stereocenters. The predicted molar refractivity (Wildman–Crippen MR) is 130 cm³/mol. The van der Waals surface area contributed by atoms with E-state index in [-0.39, 0.29) is 16.0 Å². The summed E-state index contributed by atoms with van der Waals surface area (Å²) in [5, 5.41) is 15.5. The largest absolute Gasteiger partial charge is 0.379 e. The zero-order valence-electron chi connectivity index (χ0n) is 18.8. The predicted octanol–water partition coefficient (Wildman–Crippen LogP) is 3.30. The summed E-state index contributed by atoms with van der Waals surface area (Å²) in [6.45, 7) is 12.4. The summed E-state index contributed by atoms with van der Waals surface area (Å²) >= 11 is 5.60. The average Bonchev–Trinajstić information content (AvgIpc) is 2.78. The average molecular weight is 483 g/mol. The molecular formula is C20H31N6O4PS. The van der Waals surface area contributed by atoms with Gasteiger partial charge in [0.2, 0.25) is 5.11 Å². The third kappa shape index (κ3) is 5.59. The molecule has 10 nitrogen and oxygen atoms in total. The molecule has 2 saturated heterocycles. The Hall–Kier alpha value is -1.75. The number of hydrogen-bond donors (Lipinski definition) is 1. The van der Waals surface area contributed by atoms with E-state index in [1.165, 1.54) is 12.3 Å². The van der Waals surface area contributed by atoms with Gasteiger partial charge in [-0.25, -0.2) is 4.74 Å². The van der Waals surface area contributed by atoms with E-state index in [4.69, 9.17) is 26.4 Å². The van der Waals surface area contributed by atoms with Crippen LogP contribution in [-0.4, -0.2) is 83.4 Å². The fourth-order valence-corrected chi connectivity index (χ4v) is 8.78. The van der Waals surface area contributed by atoms with E-state index in [9.17, 15) is 10.1 Å². The first kappa shape index (κ1) is 24.9. The number of nitro groups is 1. The fraction of sp³-hybridized carbons (Fsp3) is 0.600. The molecule has 0 bridgehead atoms. The Balaban J connectivity index is 1.92. The fourth-order valence-electron chi connectivity index (χ4n) is 4.04. The van der Waals surface area contributed by atoms with E-state index < -0.39 is 12.3 Å². The van der Waals surface area contributed by atoms with E-state index in [1.807, 2.05) is 0 Å². The number of para-hydroxylation sites is 1. The Bertz CT molecular complexity index is 886. The van der Waals surface area contributed by atoms with Gasteiger partial charge in [-0.2, -0.15) is 5.10 Å². The van der Waals surface area contributed by atoms with Gasteiger partial charge in [-0.1, -0.05) is 32.9 Å². The second-order valence-corrected chi connectivity index (χ2v) is 12.7. The zero-order chi connectivity index (χ0) is 23.2. The molecule has 1 aromatic carbocycles. The zero-order valence-corrected chi connectivity index (χ0v) is 20.5. The molecule has 2 fully saturated rings. The van der Waals surface area contributed by atoms with Crippen molar-refractivity contribution < 1.29 is 14.4 Å². The lowest BCUT2D eigenvalue weighted by Crippen LogP contribution is -2.48. The summed E-state index contributed by atoms with van der Waals surface area (Å²) in [7, 11) is -2.28. The second-order valence-electron chi connectivity index (χ2n) is 8.46. The first-order chi connectivity index (χ1) is 15.3. The standard InChI is InChI=1S/C20H31N6O4PS/c1-20(2,3)31(24-8-12-29-13-9-24,25-10-14-30-15-11-25)23-19(32)22-21-16-17-6-4-5-7-18(17)26(27)28/h4-7,16H,8-15H2,1-3H3,(H,22,32)/b21-16+. The van der Waals surface area contributed by atoms with Crippen molar-refractivity contribution in [3.8, 4) is 0 Å². The molecule has 3 rings (SSSR count). The van der Waals surface area contributed by atoms with Crippen LogP contribution in [0.15, 0.2) is 34.1 Å². The van der Waals surface area contributed by atoms with Crippen molar-refractivity contribution in [3.63, 3.8) is 0 Å². The van der Waals surface area contributed by atoms with Gasteiger partial charge in [0.1, 0.15) is 7.36 Å². The molecule has 0 saturated carbocycles. The van der Waals surface area contributed by atoms with Crippen molar-refractivity contribution in [1.82, 2.24) is 14.8 Å². The third-order valence-corrected chi connectivity index (χ3v) is 10.4. The van der Waals surface area contributed by atoms with Gasteiger partial charge in [-0.3, -0.25) is 24.9 Å². The highest BCUT2D eigenvalue weighted by atomic mass is 32.1. The van der Waals surface area contributed by atoms with Gasteiger partial charge in [-0.05, 0) is 18.3 Å². The van der Waals surface area contributed by atoms with Gasteiger partial charge in [0.25, 0.3) is 5.69 Å². The molecule has 0 aromatic heterocycles. The highest BCUT2D eigenvalue weighted by Gasteiger charge is 2.45. The summed E-state index contributed by atoms with van der Waals surface area (Å²) < 4.78 is 21.2. The molecular weight excluding hydrogens is 451 g/mol. The van der Waals surface area contributed by atoms with Gasteiger partial charge >= 0.3 is 0 Å². The summed E-state index contributed by atoms with van der Waals surface area (Å²) in [5.74, 6) is 0. The topological polar surface area (TPSA) is 105 Å². The number of nitro benzene ring substituents is 1. The lowest BCUT2D eigenvalue weighted by molar-refractivity contribution is -0.385. The van der Waals surface area contributed by atoms with Gasteiger partial charge < -0.3 is 9.47 Å². The smallest absolute Gasteiger partial charge is 0.278 e. The van der Waals surface area contributed by atoms with Crippen molar-refractivity contribution >= 4 is 36.6 Å². The van der Waals surface area contributed by atoms with Crippen LogP contribution < -0.4 is 5.43 Å². The van der Waals surface area contributed by atoms with Crippen LogP contribution in [0.5, 0.6) is 0 Å². The van der Waals surface area contributed by atoms with Crippen molar-refractivity contribution in [1.29, 1.82) is 0 Å². The van der Waals surface area contributed by atoms with Crippen LogP contribution in [-0.2, 0) is 9.47 Å². The molecule has 32 heavy (non-hydrogen) atoms. The lowest BCUT2D eigenvalue weighted by Gasteiger charge is -2.52. The van der Waals surface area contributed by atoms with E-state index in [0.717, 1.165) is 26.2 Å². The van der Waals surface area contributed by atoms with Crippen molar-refractivity contribution in [3.05, 3.63) is 39.9 Å². The molecule has 2 aliphatic heterocycles. The normalized spacial score (nSPS) is 19.1. The van der Waals surface area contributed by atoms with Gasteiger partial charge in [0.15, 0.2) is 0 Å². The SMILES string of the molecule is CC(C)(C)P(=NC(=S)N/N=C/c1ccccc1[N+](=O)[O-])(N1CCOCC1)N1CCOCC1.